The Morgan fingerprint density at radius 1 is 1.26 bits per heavy atom. The highest BCUT2D eigenvalue weighted by Gasteiger charge is 2.19. The van der Waals surface area contributed by atoms with E-state index in [2.05, 4.69) is 25.2 Å². The third kappa shape index (κ3) is 3.01. The molecule has 0 bridgehead atoms. The normalized spacial score (nSPS) is 19.3. The van der Waals surface area contributed by atoms with Crippen LogP contribution >= 0.6 is 0 Å². The number of hydrogen-bond donors (Lipinski definition) is 1. The van der Waals surface area contributed by atoms with Crippen molar-refractivity contribution in [1.29, 1.82) is 0 Å². The number of methoxy groups -OCH3 is 2. The molecule has 0 spiro atoms. The van der Waals surface area contributed by atoms with Crippen molar-refractivity contribution in [2.24, 2.45) is 0 Å². The summed E-state index contributed by atoms with van der Waals surface area (Å²) in [6, 6.07) is 2.42. The van der Waals surface area contributed by atoms with Gasteiger partial charge in [0.25, 0.3) is 0 Å². The van der Waals surface area contributed by atoms with Gasteiger partial charge < -0.3 is 19.5 Å². The fourth-order valence-electron chi connectivity index (χ4n) is 2.59. The van der Waals surface area contributed by atoms with E-state index < -0.39 is 0 Å². The summed E-state index contributed by atoms with van der Waals surface area (Å²) >= 11 is 0. The molecule has 0 amide bonds. The van der Waals surface area contributed by atoms with Crippen molar-refractivity contribution < 1.29 is 14.2 Å². The van der Waals surface area contributed by atoms with Gasteiger partial charge in [0.15, 0.2) is 0 Å². The average Bonchev–Trinajstić information content (AvgIpc) is 2.44. The standard InChI is InChI=1S/C15H23NO3/c1-10-11(2)15(18-4)12(8-14(10)17-3)7-13-9-19-6-5-16-13/h8,13,16H,5-7,9H2,1-4H3. The zero-order chi connectivity index (χ0) is 13.8. The third-order valence-electron chi connectivity index (χ3n) is 3.76. The first-order chi connectivity index (χ1) is 9.17. The molecule has 1 N–H and O–H groups in total. The summed E-state index contributed by atoms with van der Waals surface area (Å²) in [6.45, 7) is 6.59. The van der Waals surface area contributed by atoms with Crippen LogP contribution in [0.2, 0.25) is 0 Å². The maximum atomic E-state index is 5.57. The monoisotopic (exact) mass is 265 g/mol. The average molecular weight is 265 g/mol. The zero-order valence-electron chi connectivity index (χ0n) is 12.2. The molecule has 4 nitrogen and oxygen atoms in total. The van der Waals surface area contributed by atoms with E-state index in [-0.39, 0.29) is 0 Å². The maximum Gasteiger partial charge on any atom is 0.125 e. The number of morpholine rings is 1. The molecule has 1 aromatic rings. The molecular formula is C15H23NO3. The van der Waals surface area contributed by atoms with E-state index in [1.165, 1.54) is 5.56 Å². The van der Waals surface area contributed by atoms with Crippen LogP contribution in [0.1, 0.15) is 16.7 Å². The summed E-state index contributed by atoms with van der Waals surface area (Å²) in [4.78, 5) is 0. The van der Waals surface area contributed by atoms with Crippen LogP contribution in [0.4, 0.5) is 0 Å². The van der Waals surface area contributed by atoms with Gasteiger partial charge >= 0.3 is 0 Å². The Kier molecular flexibility index (Phi) is 4.66. The fourth-order valence-corrected chi connectivity index (χ4v) is 2.59. The predicted octanol–water partition coefficient (Wildman–Crippen LogP) is 1.85. The molecule has 4 heteroatoms. The highest BCUT2D eigenvalue weighted by molar-refractivity contribution is 5.52. The number of ether oxygens (including phenoxy) is 3. The van der Waals surface area contributed by atoms with Crippen LogP contribution in [0.5, 0.6) is 11.5 Å². The molecule has 106 valence electrons. The molecule has 1 atom stereocenters. The van der Waals surface area contributed by atoms with E-state index in [4.69, 9.17) is 14.2 Å². The molecule has 2 rings (SSSR count). The molecule has 1 saturated heterocycles. The van der Waals surface area contributed by atoms with Gasteiger partial charge in [0.2, 0.25) is 0 Å². The molecular weight excluding hydrogens is 242 g/mol. The van der Waals surface area contributed by atoms with Crippen LogP contribution in [0.3, 0.4) is 0 Å². The molecule has 0 saturated carbocycles. The van der Waals surface area contributed by atoms with Crippen molar-refractivity contribution in [3.05, 3.63) is 22.8 Å². The van der Waals surface area contributed by atoms with Gasteiger partial charge in [0.1, 0.15) is 11.5 Å². The Bertz CT molecular complexity index is 440. The first-order valence-corrected chi connectivity index (χ1v) is 6.69. The van der Waals surface area contributed by atoms with Crippen LogP contribution in [-0.4, -0.2) is 40.0 Å². The largest absolute Gasteiger partial charge is 0.496 e. The van der Waals surface area contributed by atoms with Crippen molar-refractivity contribution in [3.8, 4) is 11.5 Å². The molecule has 1 aliphatic rings. The second-order valence-electron chi connectivity index (χ2n) is 4.95. The van der Waals surface area contributed by atoms with Crippen LogP contribution in [-0.2, 0) is 11.2 Å². The van der Waals surface area contributed by atoms with Crippen molar-refractivity contribution in [1.82, 2.24) is 5.32 Å². The predicted molar refractivity (Wildman–Crippen MR) is 75.3 cm³/mol. The second kappa shape index (κ2) is 6.26. The summed E-state index contributed by atoms with van der Waals surface area (Å²) in [6.07, 6.45) is 0.890. The lowest BCUT2D eigenvalue weighted by Crippen LogP contribution is -2.42. The van der Waals surface area contributed by atoms with Gasteiger partial charge in [0.05, 0.1) is 27.4 Å². The highest BCUT2D eigenvalue weighted by atomic mass is 16.5. The molecule has 19 heavy (non-hydrogen) atoms. The summed E-state index contributed by atoms with van der Waals surface area (Å²) in [5.74, 6) is 1.88. The Hall–Kier alpha value is -1.26. The third-order valence-corrected chi connectivity index (χ3v) is 3.76. The number of hydrogen-bond acceptors (Lipinski definition) is 4. The fraction of sp³-hybridized carbons (Fsp3) is 0.600. The smallest absolute Gasteiger partial charge is 0.125 e. The molecule has 0 radical (unpaired) electrons. The topological polar surface area (TPSA) is 39.7 Å². The van der Waals surface area contributed by atoms with Gasteiger partial charge in [-0.3, -0.25) is 0 Å². The van der Waals surface area contributed by atoms with Gasteiger partial charge in [-0.15, -0.1) is 0 Å². The quantitative estimate of drug-likeness (QED) is 0.902. The summed E-state index contributed by atoms with van der Waals surface area (Å²) < 4.78 is 16.5. The van der Waals surface area contributed by atoms with Crippen LogP contribution < -0.4 is 14.8 Å². The maximum absolute atomic E-state index is 5.57. The number of rotatable bonds is 4. The summed E-state index contributed by atoms with van der Waals surface area (Å²) in [7, 11) is 3.43. The first-order valence-electron chi connectivity index (χ1n) is 6.69. The van der Waals surface area contributed by atoms with E-state index >= 15 is 0 Å². The summed E-state index contributed by atoms with van der Waals surface area (Å²) in [5, 5.41) is 3.47. The number of benzene rings is 1. The number of nitrogens with one attached hydrogen (secondary N) is 1. The summed E-state index contributed by atoms with van der Waals surface area (Å²) in [5.41, 5.74) is 3.45. The van der Waals surface area contributed by atoms with Crippen molar-refractivity contribution in [3.63, 3.8) is 0 Å². The molecule has 1 heterocycles. The Labute approximate surface area is 115 Å². The Morgan fingerprint density at radius 3 is 2.63 bits per heavy atom. The lowest BCUT2D eigenvalue weighted by Gasteiger charge is -2.25. The van der Waals surface area contributed by atoms with Crippen molar-refractivity contribution in [2.75, 3.05) is 34.0 Å². The molecule has 0 aliphatic carbocycles. The first kappa shape index (κ1) is 14.2. The van der Waals surface area contributed by atoms with E-state index in [0.29, 0.717) is 6.04 Å². The minimum Gasteiger partial charge on any atom is -0.496 e. The van der Waals surface area contributed by atoms with E-state index in [0.717, 1.165) is 48.8 Å². The van der Waals surface area contributed by atoms with Crippen LogP contribution in [0, 0.1) is 13.8 Å². The van der Waals surface area contributed by atoms with Crippen LogP contribution in [0.25, 0.3) is 0 Å². The van der Waals surface area contributed by atoms with Gasteiger partial charge in [-0.2, -0.15) is 0 Å². The van der Waals surface area contributed by atoms with Crippen LogP contribution in [0.15, 0.2) is 6.07 Å². The van der Waals surface area contributed by atoms with E-state index in [1.807, 2.05) is 0 Å². The molecule has 1 aromatic carbocycles. The molecule has 1 aliphatic heterocycles. The molecule has 1 unspecified atom stereocenters. The Balaban J connectivity index is 2.29. The van der Waals surface area contributed by atoms with Gasteiger partial charge in [-0.05, 0) is 43.0 Å². The minimum atomic E-state index is 0.342. The lowest BCUT2D eigenvalue weighted by atomic mass is 9.98. The van der Waals surface area contributed by atoms with Crippen molar-refractivity contribution >= 4 is 0 Å². The zero-order valence-corrected chi connectivity index (χ0v) is 12.2. The van der Waals surface area contributed by atoms with Gasteiger partial charge in [0, 0.05) is 12.6 Å². The van der Waals surface area contributed by atoms with E-state index in [9.17, 15) is 0 Å². The van der Waals surface area contributed by atoms with Gasteiger partial charge in [-0.1, -0.05) is 0 Å². The van der Waals surface area contributed by atoms with Crippen molar-refractivity contribution in [2.45, 2.75) is 26.3 Å². The molecule has 0 aromatic heterocycles. The Morgan fingerprint density at radius 2 is 2.05 bits per heavy atom. The SMILES string of the molecule is COc1cc(CC2COCCN2)c(OC)c(C)c1C. The molecule has 1 fully saturated rings. The second-order valence-corrected chi connectivity index (χ2v) is 4.95. The van der Waals surface area contributed by atoms with Gasteiger partial charge in [-0.25, -0.2) is 0 Å². The van der Waals surface area contributed by atoms with E-state index in [1.54, 1.807) is 14.2 Å². The highest BCUT2D eigenvalue weighted by Crippen LogP contribution is 2.34. The minimum absolute atomic E-state index is 0.342. The lowest BCUT2D eigenvalue weighted by molar-refractivity contribution is 0.0768.